The van der Waals surface area contributed by atoms with E-state index in [-0.39, 0.29) is 0 Å². The molecule has 1 aliphatic heterocycles. The summed E-state index contributed by atoms with van der Waals surface area (Å²) < 4.78 is 5.29. The number of ether oxygens (including phenoxy) is 1. The van der Waals surface area contributed by atoms with E-state index in [1.165, 1.54) is 38.8 Å². The normalized spacial score (nSPS) is 22.5. The van der Waals surface area contributed by atoms with Gasteiger partial charge in [-0.1, -0.05) is 13.3 Å². The van der Waals surface area contributed by atoms with Crippen molar-refractivity contribution in [1.29, 1.82) is 0 Å². The molecular weight excluding hydrogens is 200 g/mol. The summed E-state index contributed by atoms with van der Waals surface area (Å²) in [7, 11) is 0. The van der Waals surface area contributed by atoms with Gasteiger partial charge in [-0.3, -0.25) is 4.90 Å². The van der Waals surface area contributed by atoms with Crippen molar-refractivity contribution in [2.75, 3.05) is 39.4 Å². The van der Waals surface area contributed by atoms with E-state index in [0.717, 1.165) is 32.3 Å². The molecule has 1 unspecified atom stereocenters. The van der Waals surface area contributed by atoms with Crippen molar-refractivity contribution in [2.24, 2.45) is 0 Å². The highest BCUT2D eigenvalue weighted by Gasteiger charge is 2.19. The van der Waals surface area contributed by atoms with E-state index < -0.39 is 0 Å². The van der Waals surface area contributed by atoms with Gasteiger partial charge >= 0.3 is 0 Å². The van der Waals surface area contributed by atoms with E-state index in [2.05, 4.69) is 17.1 Å². The molecule has 0 aliphatic carbocycles. The molecule has 0 amide bonds. The van der Waals surface area contributed by atoms with Crippen molar-refractivity contribution in [2.45, 2.75) is 45.6 Å². The minimum atomic E-state index is 0.825. The third-order valence-electron chi connectivity index (χ3n) is 3.42. The van der Waals surface area contributed by atoms with Crippen molar-refractivity contribution in [1.82, 2.24) is 10.2 Å². The van der Waals surface area contributed by atoms with Gasteiger partial charge in [0.05, 0.1) is 6.61 Å². The van der Waals surface area contributed by atoms with Gasteiger partial charge in [0, 0.05) is 32.3 Å². The molecule has 0 aromatic carbocycles. The molecule has 1 fully saturated rings. The Bertz CT molecular complexity index is 164. The maximum Gasteiger partial charge on any atom is 0.0590 e. The van der Waals surface area contributed by atoms with Gasteiger partial charge in [-0.05, 0) is 32.7 Å². The zero-order chi connectivity index (χ0) is 11.6. The molecule has 0 spiro atoms. The van der Waals surface area contributed by atoms with Crippen LogP contribution in [0.25, 0.3) is 0 Å². The lowest BCUT2D eigenvalue weighted by Crippen LogP contribution is -2.43. The van der Waals surface area contributed by atoms with Gasteiger partial charge in [0.1, 0.15) is 0 Å². The van der Waals surface area contributed by atoms with E-state index in [1.54, 1.807) is 0 Å². The SMILES string of the molecule is CCOCCNCCN1CCCCC1CC. The van der Waals surface area contributed by atoms with Crippen LogP contribution in [0.2, 0.25) is 0 Å². The van der Waals surface area contributed by atoms with Gasteiger partial charge in [0.15, 0.2) is 0 Å². The predicted molar refractivity (Wildman–Crippen MR) is 68.9 cm³/mol. The number of nitrogens with one attached hydrogen (secondary N) is 1. The van der Waals surface area contributed by atoms with E-state index in [1.807, 2.05) is 6.92 Å². The zero-order valence-corrected chi connectivity index (χ0v) is 11.0. The van der Waals surface area contributed by atoms with Crippen LogP contribution in [0.4, 0.5) is 0 Å². The lowest BCUT2D eigenvalue weighted by atomic mass is 10.0. The Morgan fingerprint density at radius 3 is 2.88 bits per heavy atom. The molecule has 0 saturated carbocycles. The molecule has 1 N–H and O–H groups in total. The second-order valence-corrected chi connectivity index (χ2v) is 4.54. The Balaban J connectivity index is 2.02. The maximum absolute atomic E-state index is 5.29. The topological polar surface area (TPSA) is 24.5 Å². The van der Waals surface area contributed by atoms with E-state index in [0.29, 0.717) is 0 Å². The summed E-state index contributed by atoms with van der Waals surface area (Å²) in [4.78, 5) is 2.65. The number of nitrogens with zero attached hydrogens (tertiary/aromatic N) is 1. The zero-order valence-electron chi connectivity index (χ0n) is 11.0. The molecule has 16 heavy (non-hydrogen) atoms. The van der Waals surface area contributed by atoms with E-state index in [9.17, 15) is 0 Å². The first kappa shape index (κ1) is 13.9. The van der Waals surface area contributed by atoms with Crippen LogP contribution in [0.15, 0.2) is 0 Å². The molecule has 1 rings (SSSR count). The Labute approximate surface area is 101 Å². The van der Waals surface area contributed by atoms with Crippen LogP contribution >= 0.6 is 0 Å². The monoisotopic (exact) mass is 228 g/mol. The summed E-state index contributed by atoms with van der Waals surface area (Å²) in [6.45, 7) is 10.6. The van der Waals surface area contributed by atoms with Gasteiger partial charge in [-0.25, -0.2) is 0 Å². The maximum atomic E-state index is 5.29. The molecule has 1 aliphatic rings. The Morgan fingerprint density at radius 2 is 2.12 bits per heavy atom. The number of likely N-dealkylation sites (tertiary alicyclic amines) is 1. The number of rotatable bonds is 8. The van der Waals surface area contributed by atoms with Crippen LogP contribution in [0, 0.1) is 0 Å². The Kier molecular flexibility index (Phi) is 7.81. The smallest absolute Gasteiger partial charge is 0.0590 e. The molecule has 1 atom stereocenters. The van der Waals surface area contributed by atoms with Gasteiger partial charge in [-0.2, -0.15) is 0 Å². The molecule has 0 aromatic heterocycles. The van der Waals surface area contributed by atoms with Crippen LogP contribution in [0.3, 0.4) is 0 Å². The highest BCUT2D eigenvalue weighted by molar-refractivity contribution is 4.75. The Morgan fingerprint density at radius 1 is 1.25 bits per heavy atom. The highest BCUT2D eigenvalue weighted by atomic mass is 16.5. The number of piperidine rings is 1. The summed E-state index contributed by atoms with van der Waals surface area (Å²) in [6, 6.07) is 0.836. The van der Waals surface area contributed by atoms with Crippen LogP contribution in [-0.2, 0) is 4.74 Å². The van der Waals surface area contributed by atoms with Gasteiger partial charge in [-0.15, -0.1) is 0 Å². The Hall–Kier alpha value is -0.120. The summed E-state index contributed by atoms with van der Waals surface area (Å²) in [5.74, 6) is 0. The molecule has 3 nitrogen and oxygen atoms in total. The molecule has 3 heteroatoms. The van der Waals surface area contributed by atoms with Crippen LogP contribution in [0.5, 0.6) is 0 Å². The lowest BCUT2D eigenvalue weighted by molar-refractivity contribution is 0.135. The van der Waals surface area contributed by atoms with E-state index >= 15 is 0 Å². The third-order valence-corrected chi connectivity index (χ3v) is 3.42. The summed E-state index contributed by atoms with van der Waals surface area (Å²) >= 11 is 0. The van der Waals surface area contributed by atoms with Crippen LogP contribution in [0.1, 0.15) is 39.5 Å². The van der Waals surface area contributed by atoms with Crippen molar-refractivity contribution >= 4 is 0 Å². The fourth-order valence-electron chi connectivity index (χ4n) is 2.45. The first-order chi connectivity index (χ1) is 7.88. The molecule has 1 saturated heterocycles. The largest absolute Gasteiger partial charge is 0.380 e. The molecule has 0 aromatic rings. The second kappa shape index (κ2) is 8.97. The summed E-state index contributed by atoms with van der Waals surface area (Å²) in [5.41, 5.74) is 0. The lowest BCUT2D eigenvalue weighted by Gasteiger charge is -2.35. The van der Waals surface area contributed by atoms with E-state index in [4.69, 9.17) is 4.74 Å². The number of hydrogen-bond donors (Lipinski definition) is 1. The number of hydrogen-bond acceptors (Lipinski definition) is 3. The third kappa shape index (κ3) is 5.28. The molecule has 0 bridgehead atoms. The fraction of sp³-hybridized carbons (Fsp3) is 1.00. The minimum absolute atomic E-state index is 0.825. The molecule has 0 radical (unpaired) electrons. The quantitative estimate of drug-likeness (QED) is 0.642. The average Bonchev–Trinajstić information content (AvgIpc) is 2.34. The minimum Gasteiger partial charge on any atom is -0.380 e. The molecular formula is C13H28N2O. The van der Waals surface area contributed by atoms with Gasteiger partial charge in [0.25, 0.3) is 0 Å². The first-order valence-electron chi connectivity index (χ1n) is 6.91. The first-order valence-corrected chi connectivity index (χ1v) is 6.91. The highest BCUT2D eigenvalue weighted by Crippen LogP contribution is 2.18. The van der Waals surface area contributed by atoms with Crippen LogP contribution in [-0.4, -0.2) is 50.3 Å². The van der Waals surface area contributed by atoms with Crippen LogP contribution < -0.4 is 5.32 Å². The summed E-state index contributed by atoms with van der Waals surface area (Å²) in [6.07, 6.45) is 5.51. The van der Waals surface area contributed by atoms with Crippen molar-refractivity contribution in [3.8, 4) is 0 Å². The average molecular weight is 228 g/mol. The predicted octanol–water partition coefficient (Wildman–Crippen LogP) is 1.88. The van der Waals surface area contributed by atoms with Crippen molar-refractivity contribution in [3.05, 3.63) is 0 Å². The second-order valence-electron chi connectivity index (χ2n) is 4.54. The van der Waals surface area contributed by atoms with Crippen molar-refractivity contribution < 1.29 is 4.74 Å². The summed E-state index contributed by atoms with van der Waals surface area (Å²) in [5, 5.41) is 3.45. The molecule has 96 valence electrons. The van der Waals surface area contributed by atoms with Crippen molar-refractivity contribution in [3.63, 3.8) is 0 Å². The molecule has 1 heterocycles. The van der Waals surface area contributed by atoms with Gasteiger partial charge < -0.3 is 10.1 Å². The van der Waals surface area contributed by atoms with Gasteiger partial charge in [0.2, 0.25) is 0 Å². The fourth-order valence-corrected chi connectivity index (χ4v) is 2.45. The standard InChI is InChI=1S/C13H28N2O/c1-3-13-7-5-6-10-15(13)11-8-14-9-12-16-4-2/h13-14H,3-12H2,1-2H3.